The first kappa shape index (κ1) is 15.6. The summed E-state index contributed by atoms with van der Waals surface area (Å²) in [5.41, 5.74) is 5.74. The topological polar surface area (TPSA) is 0 Å². The minimum Gasteiger partial charge on any atom is -0.0582 e. The second kappa shape index (κ2) is 3.61. The van der Waals surface area contributed by atoms with Crippen molar-refractivity contribution >= 4 is 15.9 Å². The van der Waals surface area contributed by atoms with Crippen LogP contribution in [0.5, 0.6) is 0 Å². The molecule has 2 aliphatic rings. The number of benzene rings is 1. The standard InChI is InChI=1S/C20H29Br/c1-16(2)13-10-12(21)11-14-15(13)20(9,18(16,5)6)19(7,8)17(14,3)4/h10-11H,1-9H3. The Hall–Kier alpha value is -0.300. The Morgan fingerprint density at radius 1 is 0.667 bits per heavy atom. The van der Waals surface area contributed by atoms with Crippen LogP contribution in [0.4, 0.5) is 0 Å². The monoisotopic (exact) mass is 348 g/mol. The largest absolute Gasteiger partial charge is 0.0582 e. The average molecular weight is 349 g/mol. The summed E-state index contributed by atoms with van der Waals surface area (Å²) in [4.78, 5) is 0. The lowest BCUT2D eigenvalue weighted by Crippen LogP contribution is -2.54. The van der Waals surface area contributed by atoms with Gasteiger partial charge in [0.05, 0.1) is 0 Å². The zero-order valence-electron chi connectivity index (χ0n) is 15.0. The van der Waals surface area contributed by atoms with Crippen molar-refractivity contribution in [2.45, 2.75) is 78.6 Å². The molecule has 0 heterocycles. The third kappa shape index (κ3) is 1.27. The SMILES string of the molecule is CC1(C)c2cc(Br)cc3c2C(C)(C1(C)C)C(C)(C)C3(C)C. The first-order chi connectivity index (χ1) is 9.24. The number of rotatable bonds is 0. The fourth-order valence-electron chi connectivity index (χ4n) is 5.46. The van der Waals surface area contributed by atoms with Crippen LogP contribution >= 0.6 is 15.9 Å². The van der Waals surface area contributed by atoms with Crippen molar-refractivity contribution in [2.75, 3.05) is 0 Å². The average Bonchev–Trinajstić information content (AvgIpc) is 2.53. The highest BCUT2D eigenvalue weighted by atomic mass is 79.9. The Balaban J connectivity index is 2.56. The molecule has 1 aromatic carbocycles. The van der Waals surface area contributed by atoms with Gasteiger partial charge in [-0.15, -0.1) is 0 Å². The first-order valence-electron chi connectivity index (χ1n) is 8.09. The van der Waals surface area contributed by atoms with Gasteiger partial charge in [0.15, 0.2) is 0 Å². The molecule has 21 heavy (non-hydrogen) atoms. The van der Waals surface area contributed by atoms with Gasteiger partial charge in [-0.3, -0.25) is 0 Å². The van der Waals surface area contributed by atoms with Gasteiger partial charge in [-0.1, -0.05) is 78.2 Å². The molecule has 1 heteroatoms. The maximum absolute atomic E-state index is 3.77. The van der Waals surface area contributed by atoms with E-state index in [0.29, 0.717) is 0 Å². The van der Waals surface area contributed by atoms with Crippen molar-refractivity contribution in [1.82, 2.24) is 0 Å². The predicted molar refractivity (Wildman–Crippen MR) is 95.1 cm³/mol. The van der Waals surface area contributed by atoms with E-state index < -0.39 is 0 Å². The van der Waals surface area contributed by atoms with Crippen LogP contribution in [-0.2, 0) is 16.2 Å². The molecule has 0 radical (unpaired) electrons. The quantitative estimate of drug-likeness (QED) is 0.512. The highest BCUT2D eigenvalue weighted by molar-refractivity contribution is 9.10. The van der Waals surface area contributed by atoms with E-state index in [1.54, 1.807) is 16.7 Å². The van der Waals surface area contributed by atoms with Crippen LogP contribution in [0.1, 0.15) is 79.0 Å². The molecule has 0 saturated carbocycles. The fourth-order valence-corrected chi connectivity index (χ4v) is 5.92. The van der Waals surface area contributed by atoms with E-state index in [1.165, 1.54) is 4.47 Å². The van der Waals surface area contributed by atoms with Gasteiger partial charge in [-0.05, 0) is 50.5 Å². The molecule has 0 amide bonds. The molecule has 0 aliphatic heterocycles. The van der Waals surface area contributed by atoms with Crippen LogP contribution in [0.25, 0.3) is 0 Å². The maximum Gasteiger partial charge on any atom is 0.0181 e. The fraction of sp³-hybridized carbons (Fsp3) is 0.700. The lowest BCUT2D eigenvalue weighted by Gasteiger charge is -2.56. The molecule has 0 spiro atoms. The summed E-state index contributed by atoms with van der Waals surface area (Å²) in [6.07, 6.45) is 0. The number of hydrogen-bond acceptors (Lipinski definition) is 0. The zero-order chi connectivity index (χ0) is 16.2. The summed E-state index contributed by atoms with van der Waals surface area (Å²) in [7, 11) is 0. The van der Waals surface area contributed by atoms with Crippen LogP contribution in [0.15, 0.2) is 16.6 Å². The molecule has 0 aromatic heterocycles. The lowest BCUT2D eigenvalue weighted by molar-refractivity contribution is -0.0105. The predicted octanol–water partition coefficient (Wildman–Crippen LogP) is 6.34. The van der Waals surface area contributed by atoms with Crippen molar-refractivity contribution in [2.24, 2.45) is 10.8 Å². The molecular formula is C20H29Br. The Kier molecular flexibility index (Phi) is 2.68. The van der Waals surface area contributed by atoms with Gasteiger partial charge in [0.1, 0.15) is 0 Å². The maximum atomic E-state index is 3.77. The molecule has 0 fully saturated rings. The zero-order valence-corrected chi connectivity index (χ0v) is 16.6. The summed E-state index contributed by atoms with van der Waals surface area (Å²) < 4.78 is 1.23. The van der Waals surface area contributed by atoms with Gasteiger partial charge in [0.2, 0.25) is 0 Å². The van der Waals surface area contributed by atoms with E-state index >= 15 is 0 Å². The number of halogens is 1. The van der Waals surface area contributed by atoms with E-state index in [9.17, 15) is 0 Å². The summed E-state index contributed by atoms with van der Waals surface area (Å²) >= 11 is 3.77. The lowest BCUT2D eigenvalue weighted by atomic mass is 9.47. The third-order valence-corrected chi connectivity index (χ3v) is 9.03. The van der Waals surface area contributed by atoms with Gasteiger partial charge in [0.25, 0.3) is 0 Å². The van der Waals surface area contributed by atoms with Crippen LogP contribution in [0.3, 0.4) is 0 Å². The Morgan fingerprint density at radius 3 is 1.33 bits per heavy atom. The van der Waals surface area contributed by atoms with Gasteiger partial charge < -0.3 is 0 Å². The molecule has 0 unspecified atom stereocenters. The molecule has 0 atom stereocenters. The van der Waals surface area contributed by atoms with E-state index in [0.717, 1.165) is 0 Å². The van der Waals surface area contributed by atoms with Crippen molar-refractivity contribution in [3.05, 3.63) is 33.3 Å². The van der Waals surface area contributed by atoms with E-state index in [1.807, 2.05) is 0 Å². The van der Waals surface area contributed by atoms with Crippen LogP contribution < -0.4 is 0 Å². The van der Waals surface area contributed by atoms with Crippen LogP contribution in [0, 0.1) is 10.8 Å². The van der Waals surface area contributed by atoms with Gasteiger partial charge in [-0.2, -0.15) is 0 Å². The second-order valence-electron chi connectivity index (χ2n) is 9.50. The molecule has 3 rings (SSSR count). The molecule has 0 bridgehead atoms. The minimum atomic E-state index is 0.184. The summed E-state index contributed by atoms with van der Waals surface area (Å²) in [5.74, 6) is 0. The Labute approximate surface area is 138 Å². The minimum absolute atomic E-state index is 0.184. The van der Waals surface area contributed by atoms with Crippen molar-refractivity contribution in [3.63, 3.8) is 0 Å². The summed E-state index contributed by atoms with van der Waals surface area (Å²) in [6.45, 7) is 22.2. The summed E-state index contributed by atoms with van der Waals surface area (Å²) in [5, 5.41) is 0. The van der Waals surface area contributed by atoms with Gasteiger partial charge in [0, 0.05) is 9.89 Å². The van der Waals surface area contributed by atoms with Crippen molar-refractivity contribution in [1.29, 1.82) is 0 Å². The smallest absolute Gasteiger partial charge is 0.0181 e. The number of hydrogen-bond donors (Lipinski definition) is 0. The van der Waals surface area contributed by atoms with E-state index in [4.69, 9.17) is 0 Å². The molecule has 0 saturated heterocycles. The highest BCUT2D eigenvalue weighted by Gasteiger charge is 2.72. The summed E-state index contributed by atoms with van der Waals surface area (Å²) in [6, 6.07) is 4.76. The Bertz CT molecular complexity index is 595. The Morgan fingerprint density at radius 2 is 1.00 bits per heavy atom. The van der Waals surface area contributed by atoms with Crippen molar-refractivity contribution < 1.29 is 0 Å². The molecule has 0 N–H and O–H groups in total. The first-order valence-corrected chi connectivity index (χ1v) is 8.89. The van der Waals surface area contributed by atoms with Crippen LogP contribution in [0.2, 0.25) is 0 Å². The van der Waals surface area contributed by atoms with Gasteiger partial charge >= 0.3 is 0 Å². The van der Waals surface area contributed by atoms with Gasteiger partial charge in [-0.25, -0.2) is 0 Å². The highest BCUT2D eigenvalue weighted by Crippen LogP contribution is 2.76. The molecule has 2 aliphatic carbocycles. The second-order valence-corrected chi connectivity index (χ2v) is 10.4. The molecule has 0 nitrogen and oxygen atoms in total. The normalized spacial score (nSPS) is 28.5. The third-order valence-electron chi connectivity index (χ3n) is 8.57. The molecule has 1 aromatic rings. The van der Waals surface area contributed by atoms with E-state index in [-0.39, 0.29) is 27.1 Å². The molecular weight excluding hydrogens is 320 g/mol. The molecule has 116 valence electrons. The van der Waals surface area contributed by atoms with Crippen LogP contribution in [-0.4, -0.2) is 0 Å². The van der Waals surface area contributed by atoms with Crippen molar-refractivity contribution in [3.8, 4) is 0 Å². The van der Waals surface area contributed by atoms with E-state index in [2.05, 4.69) is 90.4 Å².